The lowest BCUT2D eigenvalue weighted by molar-refractivity contribution is -0.118. The molecule has 1 aliphatic heterocycles. The van der Waals surface area contributed by atoms with Crippen molar-refractivity contribution in [2.75, 3.05) is 4.90 Å². The summed E-state index contributed by atoms with van der Waals surface area (Å²) in [6.07, 6.45) is 1.12. The van der Waals surface area contributed by atoms with Crippen LogP contribution in [0, 0.1) is 16.7 Å². The Labute approximate surface area is 213 Å². The highest BCUT2D eigenvalue weighted by Crippen LogP contribution is 2.52. The number of Topliss-reactive ketones (excluding diaryl/α,β-unsaturated/α-hetero) is 1. The summed E-state index contributed by atoms with van der Waals surface area (Å²) in [5, 5.41) is 20.0. The highest BCUT2D eigenvalue weighted by Gasteiger charge is 2.46. The fourth-order valence-corrected chi connectivity index (χ4v) is 7.75. The molecule has 6 nitrogen and oxygen atoms in total. The molecule has 0 saturated carbocycles. The highest BCUT2D eigenvalue weighted by molar-refractivity contribution is 8.01. The first-order valence-corrected chi connectivity index (χ1v) is 13.9. The molecule has 0 aromatic carbocycles. The van der Waals surface area contributed by atoms with Gasteiger partial charge in [0.15, 0.2) is 10.1 Å². The van der Waals surface area contributed by atoms with Crippen LogP contribution in [0.1, 0.15) is 77.0 Å². The predicted molar refractivity (Wildman–Crippen MR) is 141 cm³/mol. The van der Waals surface area contributed by atoms with Crippen molar-refractivity contribution in [2.45, 2.75) is 82.2 Å². The lowest BCUT2D eigenvalue weighted by atomic mass is 9.70. The van der Waals surface area contributed by atoms with Crippen LogP contribution in [-0.4, -0.2) is 21.2 Å². The second kappa shape index (κ2) is 8.81. The maximum atomic E-state index is 13.6. The maximum Gasteiger partial charge on any atom is 0.219 e. The molecule has 0 saturated heterocycles. The van der Waals surface area contributed by atoms with E-state index in [1.54, 1.807) is 23.1 Å². The third-order valence-electron chi connectivity index (χ3n) is 5.96. The van der Waals surface area contributed by atoms with Gasteiger partial charge in [-0.25, -0.2) is 0 Å². The summed E-state index contributed by atoms with van der Waals surface area (Å²) in [6.45, 7) is 14.9. The van der Waals surface area contributed by atoms with Crippen LogP contribution in [0.15, 0.2) is 39.1 Å². The van der Waals surface area contributed by atoms with Gasteiger partial charge in [-0.2, -0.15) is 5.26 Å². The number of nitriles is 1. The van der Waals surface area contributed by atoms with Gasteiger partial charge in [-0.1, -0.05) is 71.6 Å². The molecule has 0 amide bonds. The standard InChI is InChI=1S/C25H31N5OS3/c1-13(2)32-23-29-28-22(34-23)30-15-10-25(6,7)11-16(31)20(15)19(14(12-26)21(30)27)17-8-9-18(33-17)24(3,4)5/h8-9,13,19H,10-11,27H2,1-7H3. The van der Waals surface area contributed by atoms with Crippen molar-refractivity contribution in [3.63, 3.8) is 0 Å². The summed E-state index contributed by atoms with van der Waals surface area (Å²) >= 11 is 4.74. The van der Waals surface area contributed by atoms with Gasteiger partial charge in [0.1, 0.15) is 5.82 Å². The van der Waals surface area contributed by atoms with Crippen LogP contribution in [0.5, 0.6) is 0 Å². The Kier molecular flexibility index (Phi) is 6.47. The van der Waals surface area contributed by atoms with Crippen molar-refractivity contribution in [1.82, 2.24) is 10.2 Å². The smallest absolute Gasteiger partial charge is 0.219 e. The summed E-state index contributed by atoms with van der Waals surface area (Å²) < 4.78 is 0.843. The molecular weight excluding hydrogens is 483 g/mol. The minimum Gasteiger partial charge on any atom is -0.384 e. The van der Waals surface area contributed by atoms with E-state index in [1.165, 1.54) is 16.2 Å². The minimum absolute atomic E-state index is 0.0154. The van der Waals surface area contributed by atoms with E-state index in [1.807, 2.05) is 4.90 Å². The second-order valence-electron chi connectivity index (χ2n) is 10.9. The monoisotopic (exact) mass is 513 g/mol. The number of rotatable bonds is 4. The number of aromatic nitrogens is 2. The number of allylic oxidation sites excluding steroid dienone is 3. The van der Waals surface area contributed by atoms with E-state index in [-0.39, 0.29) is 16.6 Å². The molecule has 180 valence electrons. The Balaban J connectivity index is 1.91. The summed E-state index contributed by atoms with van der Waals surface area (Å²) in [7, 11) is 0. The number of carbonyl (C=O) groups excluding carboxylic acids is 1. The summed E-state index contributed by atoms with van der Waals surface area (Å²) in [4.78, 5) is 17.7. The molecule has 4 rings (SSSR count). The molecule has 3 heterocycles. The number of carbonyl (C=O) groups is 1. The molecule has 9 heteroatoms. The van der Waals surface area contributed by atoms with E-state index in [0.29, 0.717) is 40.2 Å². The largest absolute Gasteiger partial charge is 0.384 e. The van der Waals surface area contributed by atoms with Gasteiger partial charge in [-0.15, -0.1) is 21.5 Å². The van der Waals surface area contributed by atoms with Crippen molar-refractivity contribution in [3.05, 3.63) is 44.6 Å². The Morgan fingerprint density at radius 1 is 1.24 bits per heavy atom. The van der Waals surface area contributed by atoms with Crippen LogP contribution in [0.3, 0.4) is 0 Å². The Morgan fingerprint density at radius 2 is 1.94 bits per heavy atom. The van der Waals surface area contributed by atoms with Gasteiger partial charge >= 0.3 is 0 Å². The van der Waals surface area contributed by atoms with Crippen LogP contribution < -0.4 is 10.6 Å². The number of nitrogens with zero attached hydrogens (tertiary/aromatic N) is 4. The Hall–Kier alpha value is -2.15. The van der Waals surface area contributed by atoms with Crippen molar-refractivity contribution < 1.29 is 4.79 Å². The summed E-state index contributed by atoms with van der Waals surface area (Å²) in [5.41, 5.74) is 8.42. The fraction of sp³-hybridized carbons (Fsp3) is 0.520. The first-order chi connectivity index (χ1) is 15.8. The van der Waals surface area contributed by atoms with Crippen LogP contribution in [-0.2, 0) is 10.2 Å². The highest BCUT2D eigenvalue weighted by atomic mass is 32.2. The third-order valence-corrected chi connectivity index (χ3v) is 9.53. The van der Waals surface area contributed by atoms with Gasteiger partial charge in [0.25, 0.3) is 0 Å². The second-order valence-corrected chi connectivity index (χ2v) is 14.8. The number of hydrogen-bond acceptors (Lipinski definition) is 9. The molecule has 2 aliphatic rings. The number of nitrogens with two attached hydrogens (primary N) is 1. The number of thiophene rings is 1. The molecule has 1 unspecified atom stereocenters. The molecule has 2 aromatic rings. The molecule has 0 fully saturated rings. The number of ketones is 1. The number of thioether (sulfide) groups is 1. The number of anilines is 1. The topological polar surface area (TPSA) is 95.9 Å². The molecule has 0 spiro atoms. The normalized spacial score (nSPS) is 20.7. The van der Waals surface area contributed by atoms with Gasteiger partial charge < -0.3 is 5.73 Å². The van der Waals surface area contributed by atoms with E-state index in [0.717, 1.165) is 14.9 Å². The molecule has 0 radical (unpaired) electrons. The van der Waals surface area contributed by atoms with Crippen molar-refractivity contribution in [3.8, 4) is 6.07 Å². The molecule has 34 heavy (non-hydrogen) atoms. The Morgan fingerprint density at radius 3 is 2.53 bits per heavy atom. The quantitative estimate of drug-likeness (QED) is 0.477. The van der Waals surface area contributed by atoms with Crippen molar-refractivity contribution in [1.29, 1.82) is 5.26 Å². The van der Waals surface area contributed by atoms with Gasteiger partial charge in [0, 0.05) is 32.7 Å². The van der Waals surface area contributed by atoms with E-state index < -0.39 is 5.92 Å². The van der Waals surface area contributed by atoms with E-state index in [4.69, 9.17) is 5.73 Å². The molecule has 0 bridgehead atoms. The van der Waals surface area contributed by atoms with E-state index >= 15 is 0 Å². The molecule has 2 aromatic heterocycles. The Bertz CT molecular complexity index is 1240. The van der Waals surface area contributed by atoms with Gasteiger partial charge in [-0.05, 0) is 29.4 Å². The van der Waals surface area contributed by atoms with Gasteiger partial charge in [0.05, 0.1) is 17.6 Å². The first kappa shape index (κ1) is 25.0. The number of hydrogen-bond donors (Lipinski definition) is 1. The molecule has 1 aliphatic carbocycles. The van der Waals surface area contributed by atoms with Crippen LogP contribution >= 0.6 is 34.4 Å². The average Bonchev–Trinajstić information content (AvgIpc) is 3.35. The SMILES string of the molecule is CC(C)Sc1nnc(N2C(N)=C(C#N)C(c3ccc(C(C)(C)C)s3)C3=C2CC(C)(C)CC3=O)s1. The lowest BCUT2D eigenvalue weighted by Crippen LogP contribution is -2.42. The van der Waals surface area contributed by atoms with Crippen LogP contribution in [0.25, 0.3) is 0 Å². The zero-order chi connectivity index (χ0) is 25.0. The lowest BCUT2D eigenvalue weighted by Gasteiger charge is -2.42. The molecule has 2 N–H and O–H groups in total. The zero-order valence-corrected chi connectivity index (χ0v) is 23.2. The summed E-state index contributed by atoms with van der Waals surface area (Å²) in [6, 6.07) is 6.51. The predicted octanol–water partition coefficient (Wildman–Crippen LogP) is 6.34. The minimum atomic E-state index is -0.446. The van der Waals surface area contributed by atoms with Gasteiger partial charge in [-0.3, -0.25) is 9.69 Å². The summed E-state index contributed by atoms with van der Waals surface area (Å²) in [5.74, 6) is -0.0217. The zero-order valence-electron chi connectivity index (χ0n) is 20.7. The van der Waals surface area contributed by atoms with Gasteiger partial charge in [0.2, 0.25) is 5.13 Å². The van der Waals surface area contributed by atoms with Crippen LogP contribution in [0.4, 0.5) is 5.13 Å². The third kappa shape index (κ3) is 4.56. The molecule has 1 atom stereocenters. The van der Waals surface area contributed by atoms with Crippen molar-refractivity contribution in [2.24, 2.45) is 11.1 Å². The molecular formula is C25H31N5OS3. The van der Waals surface area contributed by atoms with Crippen LogP contribution in [0.2, 0.25) is 0 Å². The first-order valence-electron chi connectivity index (χ1n) is 11.4. The van der Waals surface area contributed by atoms with E-state index in [9.17, 15) is 10.1 Å². The fourth-order valence-electron chi connectivity index (χ4n) is 4.47. The maximum absolute atomic E-state index is 13.6. The average molecular weight is 514 g/mol. The van der Waals surface area contributed by atoms with Crippen molar-refractivity contribution >= 4 is 45.4 Å². The van der Waals surface area contributed by atoms with E-state index in [2.05, 4.69) is 76.9 Å².